The predicted molar refractivity (Wildman–Crippen MR) is 157 cm³/mol. The number of halogens is 3. The monoisotopic (exact) mass is 768 g/mol. The summed E-state index contributed by atoms with van der Waals surface area (Å²) in [6, 6.07) is 0. The minimum Gasteiger partial charge on any atom is -1.00 e. The van der Waals surface area contributed by atoms with Crippen LogP contribution in [0.2, 0.25) is 0 Å². The summed E-state index contributed by atoms with van der Waals surface area (Å²) in [5.41, 5.74) is 8.67. The molecule has 0 spiro atoms. The van der Waals surface area contributed by atoms with E-state index in [0.717, 1.165) is 39.3 Å². The number of hydrogen-bond acceptors (Lipinski definition) is 0. The van der Waals surface area contributed by atoms with Crippen molar-refractivity contribution in [3.63, 3.8) is 0 Å². The van der Waals surface area contributed by atoms with Crippen molar-refractivity contribution < 1.29 is 64.6 Å². The highest BCUT2D eigenvalue weighted by molar-refractivity contribution is 5.49. The Morgan fingerprint density at radius 3 is 0.976 bits per heavy atom. The van der Waals surface area contributed by atoms with Crippen LogP contribution in [0, 0.1) is 20.8 Å². The second kappa shape index (κ2) is 18.8. The van der Waals surface area contributed by atoms with Gasteiger partial charge < -0.3 is 50.9 Å². The summed E-state index contributed by atoms with van der Waals surface area (Å²) in [6.45, 7) is 19.8. The minimum absolute atomic E-state index is 0. The molecule has 234 valence electrons. The van der Waals surface area contributed by atoms with E-state index in [1.165, 1.54) is 71.9 Å². The number of benzene rings is 1. The lowest BCUT2D eigenvalue weighted by Gasteiger charge is -2.20. The van der Waals surface area contributed by atoms with Crippen molar-refractivity contribution in [1.82, 2.24) is 13.7 Å². The van der Waals surface area contributed by atoms with Gasteiger partial charge >= 0.3 is 0 Å². The van der Waals surface area contributed by atoms with E-state index in [1.54, 1.807) is 0 Å². The van der Waals surface area contributed by atoms with Crippen molar-refractivity contribution in [2.75, 3.05) is 0 Å². The highest BCUT2D eigenvalue weighted by Crippen LogP contribution is 2.27. The first-order valence-corrected chi connectivity index (χ1v) is 15.2. The van der Waals surface area contributed by atoms with Crippen LogP contribution in [0.15, 0.2) is 56.2 Å². The van der Waals surface area contributed by atoms with Crippen LogP contribution < -0.4 is 64.6 Å². The van der Waals surface area contributed by atoms with Gasteiger partial charge in [-0.05, 0) is 56.7 Å². The van der Waals surface area contributed by atoms with Gasteiger partial charge in [0.15, 0.2) is 0 Å². The molecule has 0 aliphatic rings. The normalized spacial score (nSPS) is 10.7. The van der Waals surface area contributed by atoms with Crippen LogP contribution in [-0.4, -0.2) is 13.7 Å². The van der Waals surface area contributed by atoms with Crippen molar-refractivity contribution in [2.24, 2.45) is 0 Å². The molecule has 0 N–H and O–H groups in total. The summed E-state index contributed by atoms with van der Waals surface area (Å²) in [5, 5.41) is 0. The summed E-state index contributed by atoms with van der Waals surface area (Å²) < 4.78 is 14.1. The van der Waals surface area contributed by atoms with E-state index in [9.17, 15) is 0 Å². The summed E-state index contributed by atoms with van der Waals surface area (Å²) in [6.07, 6.45) is 27.5. The first kappa shape index (κ1) is 38.3. The van der Waals surface area contributed by atoms with Crippen LogP contribution in [0.5, 0.6) is 0 Å². The summed E-state index contributed by atoms with van der Waals surface area (Å²) >= 11 is 0. The summed E-state index contributed by atoms with van der Waals surface area (Å²) in [5.74, 6) is 0. The van der Waals surface area contributed by atoms with Gasteiger partial charge in [-0.15, -0.1) is 0 Å². The van der Waals surface area contributed by atoms with Gasteiger partial charge in [0, 0.05) is 16.7 Å². The molecule has 0 saturated heterocycles. The predicted octanol–water partition coefficient (Wildman–Crippen LogP) is -3.56. The number of aromatic nitrogens is 6. The molecule has 0 aliphatic carbocycles. The molecule has 4 rings (SSSR count). The second-order valence-electron chi connectivity index (χ2n) is 11.3. The number of rotatable bonds is 15. The Bertz CT molecular complexity index is 1170. The Kier molecular flexibility index (Phi) is 17.2. The van der Waals surface area contributed by atoms with Crippen molar-refractivity contribution >= 4 is 0 Å². The molecule has 6 nitrogen and oxygen atoms in total. The largest absolute Gasteiger partial charge is 1.00 e. The molecule has 0 radical (unpaired) electrons. The van der Waals surface area contributed by atoms with Gasteiger partial charge in [0.2, 0.25) is 19.0 Å². The van der Waals surface area contributed by atoms with Gasteiger partial charge in [-0.1, -0.05) is 40.0 Å². The molecule has 42 heavy (non-hydrogen) atoms. The number of nitrogens with zero attached hydrogens (tertiary/aromatic N) is 6. The molecule has 0 saturated carbocycles. The van der Waals surface area contributed by atoms with Gasteiger partial charge in [0.25, 0.3) is 0 Å². The maximum Gasteiger partial charge on any atom is 0.244 e. The molecule has 0 bridgehead atoms. The van der Waals surface area contributed by atoms with Gasteiger partial charge in [0.05, 0.1) is 19.6 Å². The van der Waals surface area contributed by atoms with E-state index in [1.807, 2.05) is 0 Å². The third kappa shape index (κ3) is 9.91. The first-order valence-electron chi connectivity index (χ1n) is 15.2. The van der Waals surface area contributed by atoms with Crippen LogP contribution in [0.1, 0.15) is 92.7 Å². The molecule has 0 aliphatic heterocycles. The fourth-order valence-electron chi connectivity index (χ4n) is 5.67. The molecular weight excluding hydrogens is 720 g/mol. The molecule has 3 heterocycles. The van der Waals surface area contributed by atoms with E-state index >= 15 is 0 Å². The summed E-state index contributed by atoms with van der Waals surface area (Å²) in [7, 11) is 0. The number of imidazole rings is 3. The van der Waals surface area contributed by atoms with Crippen molar-refractivity contribution in [1.29, 1.82) is 0 Å². The number of aryl methyl sites for hydroxylation is 3. The maximum absolute atomic E-state index is 2.36. The molecule has 4 aromatic rings. The molecule has 9 heteroatoms. The third-order valence-corrected chi connectivity index (χ3v) is 8.29. The zero-order valence-electron chi connectivity index (χ0n) is 26.5. The first-order chi connectivity index (χ1) is 18.9. The molecule has 3 aromatic heterocycles. The quantitative estimate of drug-likeness (QED) is 0.112. The van der Waals surface area contributed by atoms with E-state index in [-0.39, 0.29) is 50.9 Å². The SMILES string of the molecule is CCCCn1cc[n+](Cc2c(C)c(C[n+]3ccn(CCCC)c3)c(C)c(C[n+]3ccn(CCCC)c3)c2C)c1.[Br-].[Br-].[Br-]. The van der Waals surface area contributed by atoms with Crippen LogP contribution in [0.4, 0.5) is 0 Å². The van der Waals surface area contributed by atoms with E-state index in [2.05, 4.69) is 125 Å². The van der Waals surface area contributed by atoms with Gasteiger partial charge in [-0.25, -0.2) is 27.4 Å². The van der Waals surface area contributed by atoms with Crippen LogP contribution in [0.25, 0.3) is 0 Å². The Morgan fingerprint density at radius 2 is 0.738 bits per heavy atom. The smallest absolute Gasteiger partial charge is 0.244 e. The highest BCUT2D eigenvalue weighted by atomic mass is 79.9. The molecule has 0 amide bonds. The maximum atomic E-state index is 2.36. The van der Waals surface area contributed by atoms with Crippen LogP contribution >= 0.6 is 0 Å². The fourth-order valence-corrected chi connectivity index (χ4v) is 5.67. The topological polar surface area (TPSA) is 26.4 Å². The van der Waals surface area contributed by atoms with Crippen LogP contribution in [-0.2, 0) is 39.3 Å². The van der Waals surface area contributed by atoms with Crippen molar-refractivity contribution in [2.45, 2.75) is 119 Å². The molecule has 1 aromatic carbocycles. The fraction of sp³-hybridized carbons (Fsp3) is 0.545. The lowest BCUT2D eigenvalue weighted by atomic mass is 9.87. The van der Waals surface area contributed by atoms with Crippen molar-refractivity contribution in [3.8, 4) is 0 Å². The Morgan fingerprint density at radius 1 is 0.476 bits per heavy atom. The summed E-state index contributed by atoms with van der Waals surface area (Å²) in [4.78, 5) is 0. The zero-order valence-corrected chi connectivity index (χ0v) is 31.3. The van der Waals surface area contributed by atoms with Crippen molar-refractivity contribution in [3.05, 3.63) is 89.5 Å². The standard InChI is InChI=1S/C33H51N6.3BrH/c1-7-10-13-34-16-19-37(25-34)22-31-28(4)32(23-38-20-17-35(26-38)14-11-8-2)30(6)33(29(31)5)24-39-21-18-36(27-39)15-12-9-3;;;/h16-21,25-27H,7-15,22-24H2,1-6H3;3*1H/q+3;;;/p-3. The van der Waals surface area contributed by atoms with E-state index < -0.39 is 0 Å². The molecule has 0 atom stereocenters. The van der Waals surface area contributed by atoms with E-state index in [4.69, 9.17) is 0 Å². The Balaban J connectivity index is 0.00000294. The number of unbranched alkanes of at least 4 members (excludes halogenated alkanes) is 3. The minimum atomic E-state index is 0. The zero-order chi connectivity index (χ0) is 27.8. The lowest BCUT2D eigenvalue weighted by molar-refractivity contribution is -0.690. The Hall–Kier alpha value is -1.71. The lowest BCUT2D eigenvalue weighted by Crippen LogP contribution is -3.00. The second-order valence-corrected chi connectivity index (χ2v) is 11.3. The molecule has 0 fully saturated rings. The van der Waals surface area contributed by atoms with Crippen LogP contribution in [0.3, 0.4) is 0 Å². The van der Waals surface area contributed by atoms with Gasteiger partial charge in [-0.2, -0.15) is 0 Å². The van der Waals surface area contributed by atoms with Gasteiger partial charge in [-0.3, -0.25) is 0 Å². The molecular formula is C33H51Br3N6. The average molecular weight is 772 g/mol. The third-order valence-electron chi connectivity index (χ3n) is 8.29. The average Bonchev–Trinajstić information content (AvgIpc) is 3.69. The molecule has 0 unspecified atom stereocenters. The Labute approximate surface area is 285 Å². The highest BCUT2D eigenvalue weighted by Gasteiger charge is 2.22. The van der Waals surface area contributed by atoms with Gasteiger partial charge in [0.1, 0.15) is 56.8 Å². The number of hydrogen-bond donors (Lipinski definition) is 0. The van der Waals surface area contributed by atoms with E-state index in [0.29, 0.717) is 0 Å².